The molecule has 0 aliphatic rings. The summed E-state index contributed by atoms with van der Waals surface area (Å²) in [6.07, 6.45) is 0.914. The van der Waals surface area contributed by atoms with Gasteiger partial charge in [0, 0.05) is 25.5 Å². The fraction of sp³-hybridized carbons (Fsp3) is 0.375. The Morgan fingerprint density at radius 2 is 1.78 bits per heavy atom. The average Bonchev–Trinajstić information content (AvgIpc) is 2.35. The molecule has 96 valence electrons. The van der Waals surface area contributed by atoms with Gasteiger partial charge in [-0.15, -0.1) is 0 Å². The molecule has 0 radical (unpaired) electrons. The summed E-state index contributed by atoms with van der Waals surface area (Å²) in [7, 11) is 1.71. The maximum Gasteiger partial charge on any atom is 0.127 e. The quantitative estimate of drug-likeness (QED) is 0.743. The van der Waals surface area contributed by atoms with Crippen molar-refractivity contribution < 1.29 is 9.47 Å². The number of aryl methyl sites for hydroxylation is 2. The predicted octanol–water partition coefficient (Wildman–Crippen LogP) is 3.87. The van der Waals surface area contributed by atoms with Gasteiger partial charge in [-0.3, -0.25) is 0 Å². The summed E-state index contributed by atoms with van der Waals surface area (Å²) < 4.78 is 10.9. The van der Waals surface area contributed by atoms with Crippen LogP contribution in [0.25, 0.3) is 10.8 Å². The van der Waals surface area contributed by atoms with Gasteiger partial charge < -0.3 is 9.47 Å². The van der Waals surface area contributed by atoms with Gasteiger partial charge in [0.15, 0.2) is 0 Å². The van der Waals surface area contributed by atoms with E-state index >= 15 is 0 Å². The fourth-order valence-electron chi connectivity index (χ4n) is 2.09. The molecule has 0 spiro atoms. The summed E-state index contributed by atoms with van der Waals surface area (Å²) in [6, 6.07) is 10.8. The minimum atomic E-state index is 0.695. The van der Waals surface area contributed by atoms with E-state index in [2.05, 4.69) is 44.2 Å². The topological polar surface area (TPSA) is 18.5 Å². The zero-order chi connectivity index (χ0) is 13.0. The zero-order valence-electron chi connectivity index (χ0n) is 11.3. The van der Waals surface area contributed by atoms with Gasteiger partial charge >= 0.3 is 0 Å². The molecular formula is C16H20O2. The molecule has 0 fully saturated rings. The molecular weight excluding hydrogens is 224 g/mol. The molecule has 2 nitrogen and oxygen atoms in total. The van der Waals surface area contributed by atoms with Crippen LogP contribution in [0.4, 0.5) is 0 Å². The Bertz CT molecular complexity index is 532. The first-order valence-corrected chi connectivity index (χ1v) is 6.33. The summed E-state index contributed by atoms with van der Waals surface area (Å²) in [5.41, 5.74) is 2.49. The highest BCUT2D eigenvalue weighted by Crippen LogP contribution is 2.28. The molecule has 0 saturated heterocycles. The minimum Gasteiger partial charge on any atom is -0.493 e. The van der Waals surface area contributed by atoms with E-state index < -0.39 is 0 Å². The normalized spacial score (nSPS) is 10.8. The first-order valence-electron chi connectivity index (χ1n) is 6.33. The van der Waals surface area contributed by atoms with Crippen molar-refractivity contribution in [3.8, 4) is 5.75 Å². The van der Waals surface area contributed by atoms with Crippen molar-refractivity contribution in [1.29, 1.82) is 0 Å². The second-order valence-corrected chi connectivity index (χ2v) is 4.68. The Kier molecular flexibility index (Phi) is 4.21. The van der Waals surface area contributed by atoms with Crippen molar-refractivity contribution in [3.63, 3.8) is 0 Å². The molecule has 0 unspecified atom stereocenters. The number of benzene rings is 2. The maximum atomic E-state index is 5.88. The van der Waals surface area contributed by atoms with E-state index in [1.807, 2.05) is 0 Å². The van der Waals surface area contributed by atoms with Crippen molar-refractivity contribution in [1.82, 2.24) is 0 Å². The average molecular weight is 244 g/mol. The van der Waals surface area contributed by atoms with Crippen LogP contribution in [0, 0.1) is 13.8 Å². The van der Waals surface area contributed by atoms with E-state index in [-0.39, 0.29) is 0 Å². The van der Waals surface area contributed by atoms with Gasteiger partial charge in [0.2, 0.25) is 0 Å². The van der Waals surface area contributed by atoms with E-state index in [1.54, 1.807) is 7.11 Å². The van der Waals surface area contributed by atoms with Gasteiger partial charge in [0.25, 0.3) is 0 Å². The van der Waals surface area contributed by atoms with Gasteiger partial charge in [-0.2, -0.15) is 0 Å². The number of rotatable bonds is 5. The van der Waals surface area contributed by atoms with Crippen LogP contribution in [0.3, 0.4) is 0 Å². The summed E-state index contributed by atoms with van der Waals surface area (Å²) in [5, 5.41) is 2.43. The monoisotopic (exact) mass is 244 g/mol. The maximum absolute atomic E-state index is 5.88. The highest BCUT2D eigenvalue weighted by atomic mass is 16.5. The first kappa shape index (κ1) is 12.9. The molecule has 2 aromatic rings. The van der Waals surface area contributed by atoms with Crippen LogP contribution >= 0.6 is 0 Å². The summed E-state index contributed by atoms with van der Waals surface area (Å²) in [6.45, 7) is 5.64. The van der Waals surface area contributed by atoms with Crippen LogP contribution in [-0.4, -0.2) is 20.3 Å². The smallest absolute Gasteiger partial charge is 0.127 e. The van der Waals surface area contributed by atoms with Gasteiger partial charge in [0.1, 0.15) is 5.75 Å². The van der Waals surface area contributed by atoms with Crippen molar-refractivity contribution in [2.45, 2.75) is 20.3 Å². The molecule has 18 heavy (non-hydrogen) atoms. The van der Waals surface area contributed by atoms with Crippen molar-refractivity contribution in [2.75, 3.05) is 20.3 Å². The molecule has 2 rings (SSSR count). The van der Waals surface area contributed by atoms with Crippen LogP contribution < -0.4 is 4.74 Å². The third-order valence-corrected chi connectivity index (χ3v) is 2.97. The lowest BCUT2D eigenvalue weighted by Gasteiger charge is -2.11. The molecule has 0 N–H and O–H groups in total. The van der Waals surface area contributed by atoms with Gasteiger partial charge in [-0.1, -0.05) is 23.8 Å². The zero-order valence-corrected chi connectivity index (χ0v) is 11.3. The second kappa shape index (κ2) is 5.87. The van der Waals surface area contributed by atoms with E-state index in [1.165, 1.54) is 21.9 Å². The SMILES string of the molecule is COCCCOc1cc(C)cc2ccc(C)cc12. The largest absolute Gasteiger partial charge is 0.493 e. The third-order valence-electron chi connectivity index (χ3n) is 2.97. The minimum absolute atomic E-state index is 0.695. The molecule has 0 aliphatic carbocycles. The van der Waals surface area contributed by atoms with Gasteiger partial charge in [-0.05, 0) is 36.9 Å². The molecule has 0 aromatic heterocycles. The number of fused-ring (bicyclic) bond motifs is 1. The molecule has 2 heteroatoms. The van der Waals surface area contributed by atoms with Crippen molar-refractivity contribution in [3.05, 3.63) is 41.5 Å². The molecule has 2 aromatic carbocycles. The second-order valence-electron chi connectivity index (χ2n) is 4.68. The first-order chi connectivity index (χ1) is 8.70. The Labute approximate surface area is 109 Å². The number of methoxy groups -OCH3 is 1. The lowest BCUT2D eigenvalue weighted by atomic mass is 10.0. The Morgan fingerprint density at radius 1 is 0.944 bits per heavy atom. The predicted molar refractivity (Wildman–Crippen MR) is 75.4 cm³/mol. The van der Waals surface area contributed by atoms with Crippen LogP contribution in [-0.2, 0) is 4.74 Å². The van der Waals surface area contributed by atoms with Crippen LogP contribution in [0.15, 0.2) is 30.3 Å². The Morgan fingerprint density at radius 3 is 2.56 bits per heavy atom. The summed E-state index contributed by atoms with van der Waals surface area (Å²) in [5.74, 6) is 0.977. The molecule has 0 bridgehead atoms. The van der Waals surface area contributed by atoms with Crippen LogP contribution in [0.1, 0.15) is 17.5 Å². The van der Waals surface area contributed by atoms with Crippen LogP contribution in [0.2, 0.25) is 0 Å². The van der Waals surface area contributed by atoms with E-state index in [9.17, 15) is 0 Å². The third kappa shape index (κ3) is 3.02. The molecule has 0 saturated carbocycles. The molecule has 0 amide bonds. The van der Waals surface area contributed by atoms with E-state index in [0.29, 0.717) is 6.61 Å². The fourth-order valence-corrected chi connectivity index (χ4v) is 2.09. The lowest BCUT2D eigenvalue weighted by Crippen LogP contribution is -2.02. The Hall–Kier alpha value is -1.54. The summed E-state index contributed by atoms with van der Waals surface area (Å²) >= 11 is 0. The van der Waals surface area contributed by atoms with Crippen molar-refractivity contribution >= 4 is 10.8 Å². The number of hydrogen-bond donors (Lipinski definition) is 0. The number of hydrogen-bond acceptors (Lipinski definition) is 2. The molecule has 0 atom stereocenters. The lowest BCUT2D eigenvalue weighted by molar-refractivity contribution is 0.172. The van der Waals surface area contributed by atoms with Crippen LogP contribution in [0.5, 0.6) is 5.75 Å². The highest BCUT2D eigenvalue weighted by molar-refractivity contribution is 5.89. The van der Waals surface area contributed by atoms with Crippen molar-refractivity contribution in [2.24, 2.45) is 0 Å². The Balaban J connectivity index is 2.27. The highest BCUT2D eigenvalue weighted by Gasteiger charge is 2.04. The summed E-state index contributed by atoms with van der Waals surface area (Å²) in [4.78, 5) is 0. The number of ether oxygens (including phenoxy) is 2. The van der Waals surface area contributed by atoms with Gasteiger partial charge in [0.05, 0.1) is 6.61 Å². The van der Waals surface area contributed by atoms with Gasteiger partial charge in [-0.25, -0.2) is 0 Å². The standard InChI is InChI=1S/C16H20O2/c1-12-5-6-14-9-13(2)11-16(15(14)10-12)18-8-4-7-17-3/h5-6,9-11H,4,7-8H2,1-3H3. The van der Waals surface area contributed by atoms with E-state index in [0.717, 1.165) is 18.8 Å². The molecule has 0 heterocycles. The molecule has 0 aliphatic heterocycles. The van der Waals surface area contributed by atoms with E-state index in [4.69, 9.17) is 9.47 Å².